The number of para-hydroxylation sites is 1. The van der Waals surface area contributed by atoms with E-state index in [1.807, 2.05) is 49.4 Å². The normalized spacial score (nSPS) is 14.3. The van der Waals surface area contributed by atoms with Gasteiger partial charge in [0.1, 0.15) is 0 Å². The number of pyridine rings is 1. The van der Waals surface area contributed by atoms with E-state index in [1.165, 1.54) is 0 Å². The molecule has 0 spiro atoms. The number of allylic oxidation sites excluding steroid dienone is 1. The highest BCUT2D eigenvalue weighted by Gasteiger charge is 2.29. The van der Waals surface area contributed by atoms with Gasteiger partial charge >= 0.3 is 5.97 Å². The molecule has 8 nitrogen and oxygen atoms in total. The van der Waals surface area contributed by atoms with Crippen molar-refractivity contribution in [3.63, 3.8) is 0 Å². The number of methoxy groups -OCH3 is 3. The SMILES string of the molecule is CCNC(=O)C(C)OC(=O)c1c2c(nc3ccccc13)/C(=C/c1cc(OC)c(OC)c(OC)c1)CC2. The van der Waals surface area contributed by atoms with Crippen molar-refractivity contribution in [2.45, 2.75) is 32.8 Å². The summed E-state index contributed by atoms with van der Waals surface area (Å²) in [5.74, 6) is 0.764. The molecule has 0 saturated heterocycles. The second-order valence-corrected chi connectivity index (χ2v) is 8.40. The third-order valence-corrected chi connectivity index (χ3v) is 6.18. The number of fused-ring (bicyclic) bond motifs is 2. The fourth-order valence-electron chi connectivity index (χ4n) is 4.49. The summed E-state index contributed by atoms with van der Waals surface area (Å²) < 4.78 is 22.0. The fourth-order valence-corrected chi connectivity index (χ4v) is 4.49. The molecule has 36 heavy (non-hydrogen) atoms. The van der Waals surface area contributed by atoms with Crippen molar-refractivity contribution in [2.75, 3.05) is 27.9 Å². The molecule has 1 atom stereocenters. The van der Waals surface area contributed by atoms with Gasteiger partial charge in [-0.15, -0.1) is 0 Å². The van der Waals surface area contributed by atoms with E-state index in [-0.39, 0.29) is 5.91 Å². The molecule has 1 N–H and O–H groups in total. The molecule has 1 aliphatic rings. The molecule has 0 bridgehead atoms. The van der Waals surface area contributed by atoms with E-state index in [1.54, 1.807) is 28.3 Å². The monoisotopic (exact) mass is 490 g/mol. The van der Waals surface area contributed by atoms with Gasteiger partial charge in [-0.05, 0) is 67.7 Å². The number of rotatable bonds is 8. The number of benzene rings is 2. The van der Waals surface area contributed by atoms with Crippen molar-refractivity contribution in [1.29, 1.82) is 0 Å². The highest BCUT2D eigenvalue weighted by molar-refractivity contribution is 6.07. The van der Waals surface area contributed by atoms with E-state index in [0.717, 1.165) is 22.4 Å². The quantitative estimate of drug-likeness (QED) is 0.467. The van der Waals surface area contributed by atoms with Crippen molar-refractivity contribution in [2.24, 2.45) is 0 Å². The zero-order valence-electron chi connectivity index (χ0n) is 21.1. The van der Waals surface area contributed by atoms with Crippen LogP contribution in [0.25, 0.3) is 22.6 Å². The Bertz CT molecular complexity index is 1320. The molecule has 4 rings (SSSR count). The van der Waals surface area contributed by atoms with Crippen LogP contribution >= 0.6 is 0 Å². The van der Waals surface area contributed by atoms with Crippen molar-refractivity contribution >= 4 is 34.4 Å². The lowest BCUT2D eigenvalue weighted by atomic mass is 10.0. The second-order valence-electron chi connectivity index (χ2n) is 8.40. The molecule has 1 aliphatic carbocycles. The highest BCUT2D eigenvalue weighted by Crippen LogP contribution is 2.41. The summed E-state index contributed by atoms with van der Waals surface area (Å²) in [6, 6.07) is 11.2. The van der Waals surface area contributed by atoms with Crippen molar-refractivity contribution in [1.82, 2.24) is 10.3 Å². The van der Waals surface area contributed by atoms with Crippen molar-refractivity contribution in [3.05, 3.63) is 58.8 Å². The molecule has 3 aromatic rings. The Balaban J connectivity index is 1.80. The van der Waals surface area contributed by atoms with Crippen molar-refractivity contribution in [3.8, 4) is 17.2 Å². The van der Waals surface area contributed by atoms with E-state index >= 15 is 0 Å². The summed E-state index contributed by atoms with van der Waals surface area (Å²) in [6.07, 6.45) is 2.44. The maximum atomic E-state index is 13.3. The van der Waals surface area contributed by atoms with E-state index < -0.39 is 12.1 Å². The number of carbonyl (C=O) groups is 2. The number of aromatic nitrogens is 1. The van der Waals surface area contributed by atoms with E-state index in [4.69, 9.17) is 23.9 Å². The molecule has 1 amide bonds. The smallest absolute Gasteiger partial charge is 0.339 e. The molecule has 0 fully saturated rings. The van der Waals surface area contributed by atoms with Gasteiger partial charge in [-0.2, -0.15) is 0 Å². The Morgan fingerprint density at radius 3 is 2.39 bits per heavy atom. The number of ether oxygens (including phenoxy) is 4. The Kier molecular flexibility index (Phi) is 7.43. The van der Waals surface area contributed by atoms with Crippen LogP contribution in [0.2, 0.25) is 0 Å². The van der Waals surface area contributed by atoms with Gasteiger partial charge in [0, 0.05) is 11.9 Å². The largest absolute Gasteiger partial charge is 0.493 e. The predicted molar refractivity (Wildman–Crippen MR) is 138 cm³/mol. The lowest BCUT2D eigenvalue weighted by Gasteiger charge is -2.16. The second kappa shape index (κ2) is 10.7. The van der Waals surface area contributed by atoms with Gasteiger partial charge in [-0.3, -0.25) is 4.79 Å². The first kappa shape index (κ1) is 25.0. The van der Waals surface area contributed by atoms with Crippen LogP contribution in [0, 0.1) is 0 Å². The topological polar surface area (TPSA) is 96.0 Å². The Morgan fingerprint density at radius 1 is 1.06 bits per heavy atom. The number of carbonyl (C=O) groups excluding carboxylic acids is 2. The van der Waals surface area contributed by atoms with E-state index in [0.29, 0.717) is 53.1 Å². The Morgan fingerprint density at radius 2 is 1.75 bits per heavy atom. The zero-order valence-corrected chi connectivity index (χ0v) is 21.1. The summed E-state index contributed by atoms with van der Waals surface area (Å²) in [6.45, 7) is 3.85. The maximum Gasteiger partial charge on any atom is 0.339 e. The van der Waals surface area contributed by atoms with Gasteiger partial charge in [0.15, 0.2) is 17.6 Å². The Hall–Kier alpha value is -4.07. The number of esters is 1. The summed E-state index contributed by atoms with van der Waals surface area (Å²) in [5.41, 5.74) is 4.55. The molecule has 8 heteroatoms. The molecule has 188 valence electrons. The van der Waals surface area contributed by atoms with Gasteiger partial charge in [0.2, 0.25) is 5.75 Å². The number of nitrogens with zero attached hydrogens (tertiary/aromatic N) is 1. The van der Waals surface area contributed by atoms with Crippen LogP contribution in [0.4, 0.5) is 0 Å². The van der Waals surface area contributed by atoms with Gasteiger partial charge in [0.05, 0.1) is 38.1 Å². The van der Waals surface area contributed by atoms with Crippen LogP contribution in [0.15, 0.2) is 36.4 Å². The highest BCUT2D eigenvalue weighted by atomic mass is 16.5. The third kappa shape index (κ3) is 4.71. The first-order valence-corrected chi connectivity index (χ1v) is 11.8. The lowest BCUT2D eigenvalue weighted by molar-refractivity contribution is -0.128. The standard InChI is InChI=1S/C28H30N2O6/c1-6-29-27(31)16(2)36-28(32)24-19-9-7-8-10-21(19)30-25-18(11-12-20(24)25)13-17-14-22(33-3)26(35-5)23(15-17)34-4/h7-10,13-16H,6,11-12H2,1-5H3,(H,29,31)/b18-13+. The maximum absolute atomic E-state index is 13.3. The summed E-state index contributed by atoms with van der Waals surface area (Å²) >= 11 is 0. The van der Waals surface area contributed by atoms with Gasteiger partial charge < -0.3 is 24.3 Å². The zero-order chi connectivity index (χ0) is 25.8. The minimum Gasteiger partial charge on any atom is -0.493 e. The van der Waals surface area contributed by atoms with Gasteiger partial charge in [-0.25, -0.2) is 9.78 Å². The summed E-state index contributed by atoms with van der Waals surface area (Å²) in [5, 5.41) is 3.39. The number of hydrogen-bond acceptors (Lipinski definition) is 7. The third-order valence-electron chi connectivity index (χ3n) is 6.18. The average Bonchev–Trinajstić information content (AvgIpc) is 3.28. The number of likely N-dealkylation sites (N-methyl/N-ethyl adjacent to an activating group) is 1. The molecule has 0 saturated carbocycles. The van der Waals surface area contributed by atoms with Crippen molar-refractivity contribution < 1.29 is 28.5 Å². The van der Waals surface area contributed by atoms with Crippen LogP contribution in [0.5, 0.6) is 17.2 Å². The van der Waals surface area contributed by atoms with Gasteiger partial charge in [-0.1, -0.05) is 18.2 Å². The van der Waals surface area contributed by atoms with Crippen LogP contribution in [-0.4, -0.2) is 50.8 Å². The average molecular weight is 491 g/mol. The minimum absolute atomic E-state index is 0.330. The van der Waals surface area contributed by atoms with E-state index in [9.17, 15) is 9.59 Å². The molecule has 0 radical (unpaired) electrons. The lowest BCUT2D eigenvalue weighted by Crippen LogP contribution is -2.35. The molecular formula is C28H30N2O6. The first-order valence-electron chi connectivity index (χ1n) is 11.8. The first-order chi connectivity index (χ1) is 17.4. The number of hydrogen-bond donors (Lipinski definition) is 1. The van der Waals surface area contributed by atoms with Gasteiger partial charge in [0.25, 0.3) is 5.91 Å². The molecule has 1 heterocycles. The molecule has 0 aliphatic heterocycles. The number of amides is 1. The number of nitrogens with one attached hydrogen (secondary N) is 1. The van der Waals surface area contributed by atoms with Crippen LogP contribution in [0.3, 0.4) is 0 Å². The van der Waals surface area contributed by atoms with Crippen LogP contribution < -0.4 is 19.5 Å². The minimum atomic E-state index is -0.907. The molecule has 1 unspecified atom stereocenters. The summed E-state index contributed by atoms with van der Waals surface area (Å²) in [4.78, 5) is 30.4. The summed E-state index contributed by atoms with van der Waals surface area (Å²) in [7, 11) is 4.72. The van der Waals surface area contributed by atoms with Crippen LogP contribution in [0.1, 0.15) is 47.4 Å². The van der Waals surface area contributed by atoms with E-state index in [2.05, 4.69) is 5.32 Å². The predicted octanol–water partition coefficient (Wildman–Crippen LogP) is 4.43. The molecule has 1 aromatic heterocycles. The van der Waals surface area contributed by atoms with Crippen LogP contribution in [-0.2, 0) is 16.0 Å². The molecular weight excluding hydrogens is 460 g/mol. The fraction of sp³-hybridized carbons (Fsp3) is 0.321. The Labute approximate surface area is 210 Å². The molecule has 2 aromatic carbocycles.